The van der Waals surface area contributed by atoms with Crippen molar-refractivity contribution in [1.29, 1.82) is 0 Å². The summed E-state index contributed by atoms with van der Waals surface area (Å²) in [5.41, 5.74) is 6.24. The lowest BCUT2D eigenvalue weighted by molar-refractivity contribution is -0.106. The first-order valence-corrected chi connectivity index (χ1v) is 16.4. The molecule has 0 aromatic heterocycles. The van der Waals surface area contributed by atoms with Crippen molar-refractivity contribution in [3.63, 3.8) is 0 Å². The second-order valence-corrected chi connectivity index (χ2v) is 9.68. The van der Waals surface area contributed by atoms with E-state index >= 15 is 0 Å². The summed E-state index contributed by atoms with van der Waals surface area (Å²) in [4.78, 5) is 33.4. The van der Waals surface area contributed by atoms with E-state index in [1.54, 1.807) is 26.0 Å². The summed E-state index contributed by atoms with van der Waals surface area (Å²) in [5, 5.41) is 0. The van der Waals surface area contributed by atoms with Crippen molar-refractivity contribution in [1.82, 2.24) is 0 Å². The highest BCUT2D eigenvalue weighted by Gasteiger charge is 2.13. The van der Waals surface area contributed by atoms with Crippen LogP contribution in [0.25, 0.3) is 0 Å². The van der Waals surface area contributed by atoms with Gasteiger partial charge in [-0.1, -0.05) is 117 Å². The fraction of sp³-hybridized carbons (Fsp3) is 0.475. The maximum atomic E-state index is 12.8. The minimum absolute atomic E-state index is 0.0905. The van der Waals surface area contributed by atoms with Gasteiger partial charge in [-0.25, -0.2) is 4.39 Å². The number of para-hydroxylation sites is 1. The average molecular weight is 626 g/mol. The third-order valence-corrected chi connectivity index (χ3v) is 5.95. The Labute approximate surface area is 276 Å². The Morgan fingerprint density at radius 1 is 0.689 bits per heavy atom. The number of ketones is 2. The van der Waals surface area contributed by atoms with Gasteiger partial charge in [-0.2, -0.15) is 0 Å². The highest BCUT2D eigenvalue weighted by Crippen LogP contribution is 2.30. The van der Waals surface area contributed by atoms with Crippen LogP contribution in [0.4, 0.5) is 15.8 Å². The SMILES string of the molecule is CC.CC.CC(=O)c1ccc(C)c(F)c1.CC(=O)c1ccccc1N(C)c1cc(C)ccc1C.CC=O.CCCC.CCCC. The van der Waals surface area contributed by atoms with Crippen LogP contribution in [-0.4, -0.2) is 24.9 Å². The highest BCUT2D eigenvalue weighted by molar-refractivity contribution is 6.00. The van der Waals surface area contributed by atoms with Crippen LogP contribution < -0.4 is 4.90 Å². The van der Waals surface area contributed by atoms with Crippen LogP contribution in [-0.2, 0) is 4.79 Å². The zero-order valence-electron chi connectivity index (χ0n) is 31.2. The van der Waals surface area contributed by atoms with Crippen LogP contribution in [0.3, 0.4) is 0 Å². The summed E-state index contributed by atoms with van der Waals surface area (Å²) < 4.78 is 12.8. The Kier molecular flexibility index (Phi) is 34.2. The van der Waals surface area contributed by atoms with Crippen LogP contribution in [0.15, 0.2) is 60.7 Å². The molecule has 0 unspecified atom stereocenters. The zero-order chi connectivity index (χ0) is 36.0. The van der Waals surface area contributed by atoms with E-state index in [4.69, 9.17) is 4.79 Å². The van der Waals surface area contributed by atoms with E-state index in [1.165, 1.54) is 56.7 Å². The number of hydrogen-bond acceptors (Lipinski definition) is 4. The predicted octanol–water partition coefficient (Wildman–Crippen LogP) is 12.5. The second-order valence-electron chi connectivity index (χ2n) is 9.68. The number of rotatable bonds is 6. The molecule has 5 heteroatoms. The lowest BCUT2D eigenvalue weighted by Gasteiger charge is -2.24. The Hall–Kier alpha value is -3.60. The van der Waals surface area contributed by atoms with E-state index in [1.807, 2.05) is 59.0 Å². The molecule has 0 bridgehead atoms. The van der Waals surface area contributed by atoms with Gasteiger partial charge in [-0.3, -0.25) is 9.59 Å². The molecule has 45 heavy (non-hydrogen) atoms. The molecule has 0 radical (unpaired) electrons. The predicted molar refractivity (Wildman–Crippen MR) is 197 cm³/mol. The van der Waals surface area contributed by atoms with Crippen molar-refractivity contribution in [3.8, 4) is 0 Å². The molecule has 0 spiro atoms. The lowest BCUT2D eigenvalue weighted by atomic mass is 10.1. The van der Waals surface area contributed by atoms with Gasteiger partial charge in [-0.05, 0) is 82.5 Å². The van der Waals surface area contributed by atoms with Gasteiger partial charge in [0.05, 0.1) is 5.69 Å². The molecule has 0 saturated heterocycles. The highest BCUT2D eigenvalue weighted by atomic mass is 19.1. The van der Waals surface area contributed by atoms with Gasteiger partial charge in [0.1, 0.15) is 12.1 Å². The van der Waals surface area contributed by atoms with E-state index in [0.717, 1.165) is 23.2 Å². The summed E-state index contributed by atoms with van der Waals surface area (Å²) in [6.45, 7) is 27.0. The van der Waals surface area contributed by atoms with Crippen molar-refractivity contribution in [2.45, 2.75) is 123 Å². The molecular weight excluding hydrogens is 561 g/mol. The molecule has 0 aliphatic heterocycles. The van der Waals surface area contributed by atoms with Crippen molar-refractivity contribution < 1.29 is 18.8 Å². The molecule has 0 saturated carbocycles. The average Bonchev–Trinajstić information content (AvgIpc) is 3.05. The molecule has 254 valence electrons. The Balaban J connectivity index is -0.000000273. The number of Topliss-reactive ketones (excluding diaryl/α,β-unsaturated/α-hetero) is 2. The molecule has 0 heterocycles. The van der Waals surface area contributed by atoms with E-state index < -0.39 is 0 Å². The number of carbonyl (C=O) groups excluding carboxylic acids is 3. The van der Waals surface area contributed by atoms with Crippen LogP contribution in [0.1, 0.15) is 139 Å². The number of hydrogen-bond donors (Lipinski definition) is 0. The number of benzene rings is 3. The number of halogens is 1. The fourth-order valence-electron chi connectivity index (χ4n) is 3.09. The van der Waals surface area contributed by atoms with Gasteiger partial charge in [0.25, 0.3) is 0 Å². The standard InChI is InChI=1S/C17H19NO.C9H9FO.2C4H10.C2H4O.2C2H6/c1-12-9-10-13(2)17(11-12)18(4)16-8-6-5-7-15(16)14(3)19;1-6-3-4-8(7(2)11)5-9(6)10;2*1-3-4-2;1-2-3;2*1-2/h5-11H,1-4H3;3-5H,1-2H3;2*3-4H2,1-2H3;2H,1H3;2*1-2H3. The first-order chi connectivity index (χ1) is 21.4. The largest absolute Gasteiger partial charge is 0.344 e. The van der Waals surface area contributed by atoms with Crippen LogP contribution in [0.5, 0.6) is 0 Å². The Morgan fingerprint density at radius 3 is 1.53 bits per heavy atom. The lowest BCUT2D eigenvalue weighted by Crippen LogP contribution is -2.14. The van der Waals surface area contributed by atoms with Gasteiger partial charge in [0.15, 0.2) is 11.6 Å². The van der Waals surface area contributed by atoms with Crippen molar-refractivity contribution in [3.05, 3.63) is 94.3 Å². The molecule has 0 fully saturated rings. The minimum atomic E-state index is -0.322. The maximum Gasteiger partial charge on any atom is 0.161 e. The normalized spacial score (nSPS) is 8.62. The van der Waals surface area contributed by atoms with Crippen LogP contribution >= 0.6 is 0 Å². The number of carbonyl (C=O) groups is 3. The molecule has 3 aromatic carbocycles. The van der Waals surface area contributed by atoms with Gasteiger partial charge >= 0.3 is 0 Å². The summed E-state index contributed by atoms with van der Waals surface area (Å²) in [6.07, 6.45) is 6.03. The van der Waals surface area contributed by atoms with Crippen molar-refractivity contribution in [2.24, 2.45) is 0 Å². The molecular formula is C40H64FNO3. The van der Waals surface area contributed by atoms with Crippen LogP contribution in [0, 0.1) is 26.6 Å². The molecule has 0 amide bonds. The quantitative estimate of drug-likeness (QED) is 0.202. The molecule has 3 rings (SSSR count). The Bertz CT molecular complexity index is 1180. The number of aldehydes is 1. The summed E-state index contributed by atoms with van der Waals surface area (Å²) in [6, 6.07) is 18.6. The summed E-state index contributed by atoms with van der Waals surface area (Å²) in [7, 11) is 2.00. The second kappa shape index (κ2) is 31.8. The fourth-order valence-corrected chi connectivity index (χ4v) is 3.09. The van der Waals surface area contributed by atoms with Gasteiger partial charge in [-0.15, -0.1) is 0 Å². The number of anilines is 2. The smallest absolute Gasteiger partial charge is 0.161 e. The summed E-state index contributed by atoms with van der Waals surface area (Å²) in [5.74, 6) is -0.339. The molecule has 3 aromatic rings. The monoisotopic (exact) mass is 625 g/mol. The first-order valence-electron chi connectivity index (χ1n) is 16.4. The summed E-state index contributed by atoms with van der Waals surface area (Å²) >= 11 is 0. The van der Waals surface area contributed by atoms with Gasteiger partial charge in [0.2, 0.25) is 0 Å². The maximum absolute atomic E-state index is 12.8. The minimum Gasteiger partial charge on any atom is -0.344 e. The van der Waals surface area contributed by atoms with Gasteiger partial charge in [0, 0.05) is 23.9 Å². The van der Waals surface area contributed by atoms with Crippen molar-refractivity contribution in [2.75, 3.05) is 11.9 Å². The van der Waals surface area contributed by atoms with Crippen LogP contribution in [0.2, 0.25) is 0 Å². The molecule has 0 aliphatic rings. The van der Waals surface area contributed by atoms with Crippen molar-refractivity contribution >= 4 is 29.2 Å². The number of aryl methyl sites for hydroxylation is 3. The molecule has 0 N–H and O–H groups in total. The van der Waals surface area contributed by atoms with E-state index in [-0.39, 0.29) is 17.4 Å². The van der Waals surface area contributed by atoms with E-state index in [9.17, 15) is 14.0 Å². The topological polar surface area (TPSA) is 54.5 Å². The molecule has 0 aliphatic carbocycles. The Morgan fingerprint density at radius 2 is 1.13 bits per heavy atom. The number of nitrogens with zero attached hydrogens (tertiary/aromatic N) is 1. The number of unbranched alkanes of at least 4 members (excludes halogenated alkanes) is 2. The first kappa shape index (κ1) is 48.3. The van der Waals surface area contributed by atoms with Gasteiger partial charge < -0.3 is 9.69 Å². The zero-order valence-corrected chi connectivity index (χ0v) is 31.2. The molecule has 4 nitrogen and oxygen atoms in total. The third-order valence-electron chi connectivity index (χ3n) is 5.95. The molecule has 0 atom stereocenters. The van der Waals surface area contributed by atoms with E-state index in [2.05, 4.69) is 64.6 Å². The van der Waals surface area contributed by atoms with E-state index in [0.29, 0.717) is 11.1 Å². The third kappa shape index (κ3) is 22.5.